The number of aliphatic hydroxyl groups is 1. The van der Waals surface area contributed by atoms with Crippen molar-refractivity contribution in [2.75, 3.05) is 20.8 Å². The zero-order valence-electron chi connectivity index (χ0n) is 20.0. The second-order valence-electron chi connectivity index (χ2n) is 8.04. The number of benzene rings is 3. The van der Waals surface area contributed by atoms with E-state index >= 15 is 0 Å². The molecule has 8 heteroatoms. The van der Waals surface area contributed by atoms with Crippen molar-refractivity contribution in [2.45, 2.75) is 19.4 Å². The summed E-state index contributed by atoms with van der Waals surface area (Å²) in [7, 11) is 3.23. The highest BCUT2D eigenvalue weighted by atomic mass is 79.9. The lowest BCUT2D eigenvalue weighted by atomic mass is 9.92. The highest BCUT2D eigenvalue weighted by Gasteiger charge is 2.34. The Morgan fingerprint density at radius 1 is 0.917 bits per heavy atom. The van der Waals surface area contributed by atoms with Crippen molar-refractivity contribution in [3.63, 3.8) is 0 Å². The Morgan fingerprint density at radius 3 is 2.19 bits per heavy atom. The van der Waals surface area contributed by atoms with Gasteiger partial charge in [0.15, 0.2) is 0 Å². The zero-order chi connectivity index (χ0) is 25.8. The van der Waals surface area contributed by atoms with E-state index in [1.807, 2.05) is 60.7 Å². The molecule has 0 radical (unpaired) electrons. The molecule has 36 heavy (non-hydrogen) atoms. The molecule has 3 aromatic carbocycles. The summed E-state index contributed by atoms with van der Waals surface area (Å²) >= 11 is 10.6. The third kappa shape index (κ3) is 5.67. The fourth-order valence-electron chi connectivity index (χ4n) is 3.82. The molecule has 4 rings (SSSR count). The van der Waals surface area contributed by atoms with E-state index in [-0.39, 0.29) is 0 Å². The molecule has 0 bridgehead atoms. The average molecular weight is 681 g/mol. The number of rotatable bonds is 9. The summed E-state index contributed by atoms with van der Waals surface area (Å²) in [5.41, 5.74) is 3.35. The Bertz CT molecular complexity index is 1290. The van der Waals surface area contributed by atoms with Gasteiger partial charge >= 0.3 is 0 Å². The SMILES string of the molecule is CCCOc1ccc(C2=C(C(O)c3cc(Br)c(OC)c(Br)c3)O/C2=C\c2ccc(OC)c(Br)c2)cc1. The third-order valence-electron chi connectivity index (χ3n) is 5.59. The molecule has 1 unspecified atom stereocenters. The number of ether oxygens (including phenoxy) is 4. The van der Waals surface area contributed by atoms with E-state index in [0.29, 0.717) is 29.4 Å². The van der Waals surface area contributed by atoms with Gasteiger partial charge in [0.25, 0.3) is 0 Å². The molecule has 0 aliphatic carbocycles. The number of hydrogen-bond acceptors (Lipinski definition) is 5. The van der Waals surface area contributed by atoms with E-state index < -0.39 is 6.10 Å². The summed E-state index contributed by atoms with van der Waals surface area (Å²) in [6.45, 7) is 2.73. The van der Waals surface area contributed by atoms with Crippen LogP contribution >= 0.6 is 47.8 Å². The zero-order valence-corrected chi connectivity index (χ0v) is 24.7. The first-order valence-corrected chi connectivity index (χ1v) is 13.7. The Kier molecular flexibility index (Phi) is 8.83. The first-order chi connectivity index (χ1) is 17.4. The summed E-state index contributed by atoms with van der Waals surface area (Å²) in [6, 6.07) is 17.3. The number of halogens is 3. The van der Waals surface area contributed by atoms with E-state index in [1.165, 1.54) is 0 Å². The first kappa shape index (κ1) is 26.8. The standard InChI is InChI=1S/C28H25Br3O5/c1-4-11-35-19-8-6-17(7-9-19)25-24(13-16-5-10-23(33-2)20(29)12-16)36-28(25)26(32)18-14-21(30)27(34-3)22(31)15-18/h5-10,12-15,26,32H,4,11H2,1-3H3/b24-13-. The van der Waals surface area contributed by atoms with Crippen molar-refractivity contribution in [2.24, 2.45) is 0 Å². The molecular formula is C28H25Br3O5. The summed E-state index contributed by atoms with van der Waals surface area (Å²) in [5, 5.41) is 11.3. The van der Waals surface area contributed by atoms with Gasteiger partial charge < -0.3 is 24.1 Å². The second-order valence-corrected chi connectivity index (χ2v) is 10.6. The minimum absolute atomic E-state index is 0.472. The largest absolute Gasteiger partial charge is 0.496 e. The third-order valence-corrected chi connectivity index (χ3v) is 7.39. The normalized spacial score (nSPS) is 14.8. The number of allylic oxidation sites excluding steroid dienone is 1. The molecule has 1 aliphatic heterocycles. The molecule has 0 saturated heterocycles. The van der Waals surface area contributed by atoms with Crippen molar-refractivity contribution >= 4 is 59.4 Å². The van der Waals surface area contributed by atoms with Crippen LogP contribution in [0.1, 0.15) is 36.1 Å². The van der Waals surface area contributed by atoms with Crippen LogP contribution in [-0.2, 0) is 4.74 Å². The van der Waals surface area contributed by atoms with Crippen LogP contribution < -0.4 is 14.2 Å². The van der Waals surface area contributed by atoms with Gasteiger partial charge in [-0.25, -0.2) is 0 Å². The maximum Gasteiger partial charge on any atom is 0.149 e. The average Bonchev–Trinajstić information content (AvgIpc) is 2.85. The number of hydrogen-bond donors (Lipinski definition) is 1. The van der Waals surface area contributed by atoms with Crippen molar-refractivity contribution < 1.29 is 24.1 Å². The minimum atomic E-state index is -0.978. The Hall–Kier alpha value is -2.26. The summed E-state index contributed by atoms with van der Waals surface area (Å²) < 4.78 is 24.9. The molecule has 0 amide bonds. The first-order valence-electron chi connectivity index (χ1n) is 11.3. The molecule has 0 saturated carbocycles. The van der Waals surface area contributed by atoms with E-state index in [1.54, 1.807) is 14.2 Å². The lowest BCUT2D eigenvalue weighted by Crippen LogP contribution is -2.18. The Balaban J connectivity index is 1.75. The molecule has 0 spiro atoms. The topological polar surface area (TPSA) is 57.2 Å². The number of methoxy groups -OCH3 is 2. The van der Waals surface area contributed by atoms with Gasteiger partial charge in [0.1, 0.15) is 34.9 Å². The van der Waals surface area contributed by atoms with Crippen LogP contribution in [0.5, 0.6) is 17.2 Å². The summed E-state index contributed by atoms with van der Waals surface area (Å²) in [4.78, 5) is 0. The van der Waals surface area contributed by atoms with E-state index in [4.69, 9.17) is 18.9 Å². The van der Waals surface area contributed by atoms with E-state index in [2.05, 4.69) is 54.7 Å². The van der Waals surface area contributed by atoms with E-state index in [0.717, 1.165) is 48.0 Å². The van der Waals surface area contributed by atoms with Crippen LogP contribution in [0.4, 0.5) is 0 Å². The van der Waals surface area contributed by atoms with Gasteiger partial charge in [0.2, 0.25) is 0 Å². The quantitative estimate of drug-likeness (QED) is 0.247. The van der Waals surface area contributed by atoms with Crippen molar-refractivity contribution in [1.82, 2.24) is 0 Å². The predicted octanol–water partition coefficient (Wildman–Crippen LogP) is 8.30. The van der Waals surface area contributed by atoms with Gasteiger partial charge in [-0.15, -0.1) is 0 Å². The maximum atomic E-state index is 11.3. The molecule has 1 aliphatic rings. The summed E-state index contributed by atoms with van der Waals surface area (Å²) in [5.74, 6) is 3.34. The molecule has 1 atom stereocenters. The van der Waals surface area contributed by atoms with Crippen LogP contribution in [0, 0.1) is 0 Å². The minimum Gasteiger partial charge on any atom is -0.496 e. The van der Waals surface area contributed by atoms with Crippen LogP contribution in [0.2, 0.25) is 0 Å². The second kappa shape index (κ2) is 11.9. The molecule has 0 fully saturated rings. The van der Waals surface area contributed by atoms with Gasteiger partial charge in [0.05, 0.1) is 39.8 Å². The Labute approximate surface area is 236 Å². The number of aliphatic hydroxyl groups excluding tert-OH is 1. The van der Waals surface area contributed by atoms with Gasteiger partial charge in [-0.05, 0) is 113 Å². The summed E-state index contributed by atoms with van der Waals surface area (Å²) in [6.07, 6.45) is 1.90. The van der Waals surface area contributed by atoms with Crippen LogP contribution in [0.25, 0.3) is 11.6 Å². The highest BCUT2D eigenvalue weighted by Crippen LogP contribution is 2.47. The van der Waals surface area contributed by atoms with Gasteiger partial charge in [0, 0.05) is 0 Å². The smallest absolute Gasteiger partial charge is 0.149 e. The molecule has 188 valence electrons. The van der Waals surface area contributed by atoms with Gasteiger partial charge in [-0.3, -0.25) is 0 Å². The van der Waals surface area contributed by atoms with E-state index in [9.17, 15) is 5.11 Å². The van der Waals surface area contributed by atoms with Crippen molar-refractivity contribution in [3.05, 3.63) is 96.2 Å². The fourth-order valence-corrected chi connectivity index (χ4v) is 5.92. The molecule has 5 nitrogen and oxygen atoms in total. The molecule has 1 N–H and O–H groups in total. The molecule has 1 heterocycles. The Morgan fingerprint density at radius 2 is 1.61 bits per heavy atom. The highest BCUT2D eigenvalue weighted by molar-refractivity contribution is 9.11. The lowest BCUT2D eigenvalue weighted by Gasteiger charge is -2.31. The predicted molar refractivity (Wildman–Crippen MR) is 152 cm³/mol. The van der Waals surface area contributed by atoms with Crippen molar-refractivity contribution in [3.8, 4) is 17.2 Å². The lowest BCUT2D eigenvalue weighted by molar-refractivity contribution is 0.124. The maximum absolute atomic E-state index is 11.3. The van der Waals surface area contributed by atoms with Crippen LogP contribution in [0.15, 0.2) is 79.5 Å². The fraction of sp³-hybridized carbons (Fsp3) is 0.214. The van der Waals surface area contributed by atoms with Crippen LogP contribution in [-0.4, -0.2) is 25.9 Å². The molecule has 3 aromatic rings. The van der Waals surface area contributed by atoms with Gasteiger partial charge in [-0.1, -0.05) is 25.1 Å². The molecular weight excluding hydrogens is 656 g/mol. The van der Waals surface area contributed by atoms with Gasteiger partial charge in [-0.2, -0.15) is 0 Å². The molecule has 0 aromatic heterocycles. The van der Waals surface area contributed by atoms with Crippen molar-refractivity contribution in [1.29, 1.82) is 0 Å². The van der Waals surface area contributed by atoms with Crippen LogP contribution in [0.3, 0.4) is 0 Å². The monoisotopic (exact) mass is 678 g/mol.